The smallest absolute Gasteiger partial charge is 0.367 e. The van der Waals surface area contributed by atoms with Crippen LogP contribution in [0.1, 0.15) is 22.3 Å². The predicted octanol–water partition coefficient (Wildman–Crippen LogP) is 4.02. The Morgan fingerprint density at radius 3 is 2.42 bits per heavy atom. The second-order valence-electron chi connectivity index (χ2n) is 7.70. The van der Waals surface area contributed by atoms with Crippen molar-refractivity contribution in [3.05, 3.63) is 107 Å². The number of fused-ring (bicyclic) bond motifs is 1. The second-order valence-corrected chi connectivity index (χ2v) is 7.70. The Hall–Kier alpha value is -3.73. The van der Waals surface area contributed by atoms with Crippen LogP contribution in [0.4, 0.5) is 0 Å². The summed E-state index contributed by atoms with van der Waals surface area (Å²) in [6.45, 7) is 0.0190. The Balaban J connectivity index is 1.47. The molecule has 4 rings (SSSR count). The molecular weight excluding hydrogens is 390 g/mol. The van der Waals surface area contributed by atoms with E-state index in [9.17, 15) is 14.7 Å². The van der Waals surface area contributed by atoms with E-state index in [2.05, 4.69) is 0 Å². The van der Waals surface area contributed by atoms with E-state index in [1.807, 2.05) is 60.7 Å². The number of nitrogens with zero attached hydrogens (tertiary/aromatic N) is 1. The summed E-state index contributed by atoms with van der Waals surface area (Å²) in [4.78, 5) is 25.0. The van der Waals surface area contributed by atoms with Crippen LogP contribution < -0.4 is 0 Å². The van der Waals surface area contributed by atoms with Crippen molar-refractivity contribution >= 4 is 17.5 Å². The molecule has 0 saturated heterocycles. The Kier molecular flexibility index (Phi) is 5.94. The first-order valence-electron chi connectivity index (χ1n) is 10.2. The number of rotatable bonds is 6. The lowest BCUT2D eigenvalue weighted by Crippen LogP contribution is -2.32. The lowest BCUT2D eigenvalue weighted by atomic mass is 9.84. The number of ether oxygens (including phenoxy) is 1. The molecule has 0 radical (unpaired) electrons. The van der Waals surface area contributed by atoms with Gasteiger partial charge in [0.25, 0.3) is 0 Å². The molecule has 31 heavy (non-hydrogen) atoms. The number of allylic oxidation sites excluding steroid dienone is 4. The maximum Gasteiger partial charge on any atom is 0.367 e. The number of aliphatic hydroxyl groups is 1. The summed E-state index contributed by atoms with van der Waals surface area (Å²) < 4.78 is 7.11. The van der Waals surface area contributed by atoms with Crippen LogP contribution >= 0.6 is 0 Å². The monoisotopic (exact) mass is 414 g/mol. The van der Waals surface area contributed by atoms with Crippen molar-refractivity contribution in [2.45, 2.75) is 12.8 Å². The molecule has 0 amide bonds. The molecule has 1 aliphatic heterocycles. The minimum Gasteiger partial charge on any atom is -0.460 e. The van der Waals surface area contributed by atoms with Crippen LogP contribution in [0.3, 0.4) is 0 Å². The molecule has 2 aromatic carbocycles. The molecule has 1 heterocycles. The lowest BCUT2D eigenvalue weighted by Gasteiger charge is -2.22. The van der Waals surface area contributed by atoms with Crippen molar-refractivity contribution in [2.75, 3.05) is 13.7 Å². The first kappa shape index (κ1) is 20.5. The number of aliphatic hydroxyl groups excluding tert-OH is 1. The third-order valence-corrected chi connectivity index (χ3v) is 5.58. The van der Waals surface area contributed by atoms with E-state index in [0.29, 0.717) is 23.1 Å². The lowest BCUT2D eigenvalue weighted by molar-refractivity contribution is -0.481. The minimum absolute atomic E-state index is 0.0190. The van der Waals surface area contributed by atoms with Gasteiger partial charge in [0.2, 0.25) is 0 Å². The van der Waals surface area contributed by atoms with Gasteiger partial charge in [0.1, 0.15) is 13.7 Å². The molecule has 1 N–H and O–H groups in total. The zero-order valence-corrected chi connectivity index (χ0v) is 17.3. The van der Waals surface area contributed by atoms with Gasteiger partial charge in [-0.05, 0) is 18.1 Å². The SMILES string of the molecule is C[N+]1=C2C=CC(C(=O)c3ccccc3)=CC2CC(COC(=O)Cc2ccccc2)=C1O. The fraction of sp³-hybridized carbons (Fsp3) is 0.192. The van der Waals surface area contributed by atoms with Gasteiger partial charge in [-0.3, -0.25) is 9.59 Å². The van der Waals surface area contributed by atoms with Gasteiger partial charge in [-0.1, -0.05) is 66.7 Å². The van der Waals surface area contributed by atoms with Gasteiger partial charge in [-0.15, -0.1) is 0 Å². The first-order chi connectivity index (χ1) is 15.0. The largest absolute Gasteiger partial charge is 0.460 e. The molecule has 1 aliphatic carbocycles. The Morgan fingerprint density at radius 2 is 1.71 bits per heavy atom. The van der Waals surface area contributed by atoms with Crippen LogP contribution in [0, 0.1) is 5.92 Å². The molecular formula is C26H24NO4+. The topological polar surface area (TPSA) is 66.6 Å². The number of carbonyl (C=O) groups is 2. The van der Waals surface area contributed by atoms with Gasteiger partial charge in [0, 0.05) is 17.2 Å². The van der Waals surface area contributed by atoms with Crippen molar-refractivity contribution in [3.63, 3.8) is 0 Å². The number of ketones is 1. The molecule has 0 fully saturated rings. The summed E-state index contributed by atoms with van der Waals surface area (Å²) in [6.07, 6.45) is 6.26. The summed E-state index contributed by atoms with van der Waals surface area (Å²) >= 11 is 0. The fourth-order valence-electron chi connectivity index (χ4n) is 3.91. The van der Waals surface area contributed by atoms with Crippen LogP contribution in [0.2, 0.25) is 0 Å². The third kappa shape index (κ3) is 4.56. The summed E-state index contributed by atoms with van der Waals surface area (Å²) in [5, 5.41) is 10.6. The molecule has 5 heteroatoms. The van der Waals surface area contributed by atoms with Crippen molar-refractivity contribution in [1.29, 1.82) is 0 Å². The molecule has 0 aromatic heterocycles. The van der Waals surface area contributed by atoms with Gasteiger partial charge in [-0.2, -0.15) is 4.58 Å². The zero-order chi connectivity index (χ0) is 21.8. The summed E-state index contributed by atoms with van der Waals surface area (Å²) in [7, 11) is 1.77. The van der Waals surface area contributed by atoms with E-state index in [1.165, 1.54) is 0 Å². The Bertz CT molecular complexity index is 1120. The molecule has 2 aliphatic rings. The normalized spacial score (nSPS) is 17.8. The quantitative estimate of drug-likeness (QED) is 0.440. The maximum atomic E-state index is 12.8. The van der Waals surface area contributed by atoms with Crippen molar-refractivity contribution in [1.82, 2.24) is 0 Å². The Labute approximate surface area is 181 Å². The van der Waals surface area contributed by atoms with Gasteiger partial charge in [0.05, 0.1) is 17.9 Å². The van der Waals surface area contributed by atoms with Crippen LogP contribution in [0.25, 0.3) is 0 Å². The van der Waals surface area contributed by atoms with E-state index in [4.69, 9.17) is 4.74 Å². The number of esters is 1. The number of hydrogen-bond acceptors (Lipinski definition) is 4. The van der Waals surface area contributed by atoms with Crippen LogP contribution in [-0.2, 0) is 16.0 Å². The molecule has 0 bridgehead atoms. The number of benzene rings is 2. The molecule has 0 spiro atoms. The van der Waals surface area contributed by atoms with Gasteiger partial charge >= 0.3 is 11.9 Å². The minimum atomic E-state index is -0.344. The van der Waals surface area contributed by atoms with Gasteiger partial charge < -0.3 is 9.84 Å². The standard InChI is InChI=1S/C26H23NO4/c1-27-23-13-12-20(25(29)19-10-6-3-7-11-19)15-21(23)16-22(26(27)30)17-31-24(28)14-18-8-4-2-5-9-18/h2-13,15,21H,14,16-17H2,1H3/p+1. The van der Waals surface area contributed by atoms with E-state index in [0.717, 1.165) is 11.3 Å². The third-order valence-electron chi connectivity index (χ3n) is 5.58. The average molecular weight is 414 g/mol. The molecule has 1 unspecified atom stereocenters. The first-order valence-corrected chi connectivity index (χ1v) is 10.2. The number of carbonyl (C=O) groups excluding carboxylic acids is 2. The number of hydrogen-bond donors (Lipinski definition) is 1. The maximum absolute atomic E-state index is 12.8. The highest BCUT2D eigenvalue weighted by Crippen LogP contribution is 2.29. The summed E-state index contributed by atoms with van der Waals surface area (Å²) in [6, 6.07) is 18.6. The highest BCUT2D eigenvalue weighted by atomic mass is 16.5. The summed E-state index contributed by atoms with van der Waals surface area (Å²) in [5.74, 6) is -0.359. The molecule has 156 valence electrons. The highest BCUT2D eigenvalue weighted by molar-refractivity contribution is 6.13. The van der Waals surface area contributed by atoms with Crippen LogP contribution in [0.15, 0.2) is 95.9 Å². The van der Waals surface area contributed by atoms with Crippen molar-refractivity contribution in [2.24, 2.45) is 5.92 Å². The van der Waals surface area contributed by atoms with E-state index >= 15 is 0 Å². The van der Waals surface area contributed by atoms with Crippen molar-refractivity contribution in [3.8, 4) is 0 Å². The van der Waals surface area contributed by atoms with Gasteiger partial charge in [0.15, 0.2) is 11.5 Å². The van der Waals surface area contributed by atoms with Crippen LogP contribution in [0.5, 0.6) is 0 Å². The van der Waals surface area contributed by atoms with E-state index in [-0.39, 0.29) is 36.6 Å². The Morgan fingerprint density at radius 1 is 1.03 bits per heavy atom. The second kappa shape index (κ2) is 8.96. The molecule has 0 saturated carbocycles. The molecule has 1 atom stereocenters. The van der Waals surface area contributed by atoms with E-state index < -0.39 is 0 Å². The van der Waals surface area contributed by atoms with E-state index in [1.54, 1.807) is 29.8 Å². The summed E-state index contributed by atoms with van der Waals surface area (Å²) in [5.41, 5.74) is 3.68. The van der Waals surface area contributed by atoms with Crippen molar-refractivity contribution < 1.29 is 24.0 Å². The molecule has 5 nitrogen and oxygen atoms in total. The number of Topliss-reactive ketones (excluding diaryl/α,β-unsaturated/α-hetero) is 1. The zero-order valence-electron chi connectivity index (χ0n) is 17.3. The molecule has 2 aromatic rings. The van der Waals surface area contributed by atoms with Gasteiger partial charge in [-0.25, -0.2) is 0 Å². The van der Waals surface area contributed by atoms with Crippen LogP contribution in [-0.4, -0.2) is 40.8 Å². The fourth-order valence-corrected chi connectivity index (χ4v) is 3.91. The highest BCUT2D eigenvalue weighted by Gasteiger charge is 2.35. The average Bonchev–Trinajstić information content (AvgIpc) is 2.81. The predicted molar refractivity (Wildman–Crippen MR) is 118 cm³/mol.